The molecule has 2 N–H and O–H groups in total. The molecule has 3 rings (SSSR count). The summed E-state index contributed by atoms with van der Waals surface area (Å²) in [6.07, 6.45) is 1.72. The van der Waals surface area contributed by atoms with Crippen LogP contribution in [0.4, 0.5) is 5.82 Å². The van der Waals surface area contributed by atoms with Crippen LogP contribution in [0.5, 0.6) is 0 Å². The van der Waals surface area contributed by atoms with E-state index < -0.39 is 0 Å². The minimum absolute atomic E-state index is 0.326. The van der Waals surface area contributed by atoms with E-state index in [1.54, 1.807) is 6.20 Å². The summed E-state index contributed by atoms with van der Waals surface area (Å²) in [7, 11) is 0. The van der Waals surface area contributed by atoms with Crippen LogP contribution >= 0.6 is 0 Å². The van der Waals surface area contributed by atoms with Crippen molar-refractivity contribution in [3.05, 3.63) is 42.1 Å². The number of imidazole rings is 1. The molecule has 3 aromatic rings. The van der Waals surface area contributed by atoms with Gasteiger partial charge < -0.3 is 10.3 Å². The summed E-state index contributed by atoms with van der Waals surface area (Å²) < 4.78 is 2.24. The third-order valence-corrected chi connectivity index (χ3v) is 3.40. The largest absolute Gasteiger partial charge is 0.384 e. The third kappa shape index (κ3) is 2.03. The molecule has 20 heavy (non-hydrogen) atoms. The van der Waals surface area contributed by atoms with Gasteiger partial charge in [-0.25, -0.2) is 9.97 Å². The van der Waals surface area contributed by atoms with E-state index in [1.807, 2.05) is 12.1 Å². The molecule has 0 unspecified atom stereocenters. The molecule has 0 radical (unpaired) electrons. The van der Waals surface area contributed by atoms with Crippen molar-refractivity contribution in [2.24, 2.45) is 0 Å². The Hall–Kier alpha value is -2.36. The lowest BCUT2D eigenvalue weighted by Gasteiger charge is -2.13. The van der Waals surface area contributed by atoms with Crippen LogP contribution in [0.25, 0.3) is 22.4 Å². The summed E-state index contributed by atoms with van der Waals surface area (Å²) in [6.45, 7) is 6.40. The number of pyridine rings is 1. The molecule has 4 nitrogen and oxygen atoms in total. The molecular weight excluding hydrogens is 248 g/mol. The first kappa shape index (κ1) is 12.7. The van der Waals surface area contributed by atoms with Gasteiger partial charge in [0.25, 0.3) is 0 Å². The van der Waals surface area contributed by atoms with Crippen molar-refractivity contribution in [2.45, 2.75) is 26.8 Å². The zero-order valence-electron chi connectivity index (χ0n) is 12.0. The van der Waals surface area contributed by atoms with Gasteiger partial charge in [-0.1, -0.05) is 6.07 Å². The lowest BCUT2D eigenvalue weighted by molar-refractivity contribution is 0.624. The Balaban J connectivity index is 2.32. The molecule has 0 aliphatic carbocycles. The predicted molar refractivity (Wildman–Crippen MR) is 82.5 cm³/mol. The van der Waals surface area contributed by atoms with E-state index in [2.05, 4.69) is 48.5 Å². The van der Waals surface area contributed by atoms with Crippen molar-refractivity contribution in [3.63, 3.8) is 0 Å². The standard InChI is InChI=1S/C16H18N4/c1-10(2)20-14-5-4-11(3)8-13(14)19-16(20)12-6-7-18-15(17)9-12/h4-10H,1-3H3,(H2,17,18). The number of nitrogens with two attached hydrogens (primary N) is 1. The molecule has 2 heterocycles. The van der Waals surface area contributed by atoms with E-state index in [9.17, 15) is 0 Å². The summed E-state index contributed by atoms with van der Waals surface area (Å²) in [5.74, 6) is 1.45. The number of nitrogens with zero attached hydrogens (tertiary/aromatic N) is 3. The van der Waals surface area contributed by atoms with Crippen LogP contribution in [0.15, 0.2) is 36.5 Å². The van der Waals surface area contributed by atoms with E-state index >= 15 is 0 Å². The van der Waals surface area contributed by atoms with Crippen LogP contribution in [0.1, 0.15) is 25.5 Å². The van der Waals surface area contributed by atoms with Gasteiger partial charge in [0.05, 0.1) is 11.0 Å². The highest BCUT2D eigenvalue weighted by molar-refractivity contribution is 5.81. The molecule has 102 valence electrons. The zero-order chi connectivity index (χ0) is 14.3. The molecule has 1 aromatic carbocycles. The normalized spacial score (nSPS) is 11.4. The second kappa shape index (κ2) is 4.63. The Kier molecular flexibility index (Phi) is 2.93. The summed E-state index contributed by atoms with van der Waals surface area (Å²) in [4.78, 5) is 8.83. The highest BCUT2D eigenvalue weighted by atomic mass is 15.1. The minimum Gasteiger partial charge on any atom is -0.384 e. The van der Waals surface area contributed by atoms with Crippen molar-refractivity contribution in [1.82, 2.24) is 14.5 Å². The smallest absolute Gasteiger partial charge is 0.141 e. The van der Waals surface area contributed by atoms with Gasteiger partial charge in [-0.3, -0.25) is 0 Å². The average molecular weight is 266 g/mol. The van der Waals surface area contributed by atoms with Gasteiger partial charge in [0.2, 0.25) is 0 Å². The average Bonchev–Trinajstić information content (AvgIpc) is 2.77. The lowest BCUT2D eigenvalue weighted by atomic mass is 10.2. The molecule has 0 atom stereocenters. The van der Waals surface area contributed by atoms with Crippen molar-refractivity contribution in [1.29, 1.82) is 0 Å². The number of benzene rings is 1. The Morgan fingerprint density at radius 1 is 1.15 bits per heavy atom. The van der Waals surface area contributed by atoms with E-state index in [4.69, 9.17) is 10.7 Å². The van der Waals surface area contributed by atoms with Gasteiger partial charge in [0.1, 0.15) is 11.6 Å². The van der Waals surface area contributed by atoms with Crippen LogP contribution in [-0.4, -0.2) is 14.5 Å². The Morgan fingerprint density at radius 2 is 1.95 bits per heavy atom. The van der Waals surface area contributed by atoms with E-state index in [0.29, 0.717) is 11.9 Å². The fraction of sp³-hybridized carbons (Fsp3) is 0.250. The SMILES string of the molecule is Cc1ccc2c(c1)nc(-c1ccnc(N)c1)n2C(C)C. The van der Waals surface area contributed by atoms with Gasteiger partial charge in [0, 0.05) is 17.8 Å². The summed E-state index contributed by atoms with van der Waals surface area (Å²) in [6, 6.07) is 10.5. The monoisotopic (exact) mass is 266 g/mol. The highest BCUT2D eigenvalue weighted by Crippen LogP contribution is 2.29. The maximum Gasteiger partial charge on any atom is 0.141 e. The van der Waals surface area contributed by atoms with Gasteiger partial charge in [-0.15, -0.1) is 0 Å². The number of aryl methyl sites for hydroxylation is 1. The minimum atomic E-state index is 0.326. The summed E-state index contributed by atoms with van der Waals surface area (Å²) in [5, 5.41) is 0. The number of rotatable bonds is 2. The van der Waals surface area contributed by atoms with Crippen LogP contribution in [-0.2, 0) is 0 Å². The van der Waals surface area contributed by atoms with Crippen LogP contribution in [0, 0.1) is 6.92 Å². The Labute approximate surface area is 118 Å². The number of hydrogen-bond donors (Lipinski definition) is 1. The third-order valence-electron chi connectivity index (χ3n) is 3.40. The molecule has 0 bridgehead atoms. The summed E-state index contributed by atoms with van der Waals surface area (Å²) in [5.41, 5.74) is 10.2. The first-order valence-electron chi connectivity index (χ1n) is 6.77. The number of aromatic nitrogens is 3. The van der Waals surface area contributed by atoms with Gasteiger partial charge >= 0.3 is 0 Å². The Morgan fingerprint density at radius 3 is 2.65 bits per heavy atom. The maximum absolute atomic E-state index is 5.79. The first-order valence-corrected chi connectivity index (χ1v) is 6.77. The molecule has 0 spiro atoms. The zero-order valence-corrected chi connectivity index (χ0v) is 12.0. The number of fused-ring (bicyclic) bond motifs is 1. The van der Waals surface area contributed by atoms with Crippen LogP contribution in [0.2, 0.25) is 0 Å². The van der Waals surface area contributed by atoms with Crippen LogP contribution < -0.4 is 5.73 Å². The lowest BCUT2D eigenvalue weighted by Crippen LogP contribution is -2.03. The molecule has 0 saturated carbocycles. The number of nitrogen functional groups attached to an aromatic ring is 1. The van der Waals surface area contributed by atoms with E-state index in [1.165, 1.54) is 5.56 Å². The second-order valence-electron chi connectivity index (χ2n) is 5.36. The van der Waals surface area contributed by atoms with Crippen molar-refractivity contribution in [2.75, 3.05) is 5.73 Å². The molecule has 0 aliphatic heterocycles. The number of hydrogen-bond acceptors (Lipinski definition) is 3. The van der Waals surface area contributed by atoms with Crippen molar-refractivity contribution >= 4 is 16.9 Å². The topological polar surface area (TPSA) is 56.7 Å². The van der Waals surface area contributed by atoms with E-state index in [0.717, 1.165) is 22.4 Å². The maximum atomic E-state index is 5.79. The van der Waals surface area contributed by atoms with Crippen molar-refractivity contribution in [3.8, 4) is 11.4 Å². The fourth-order valence-corrected chi connectivity index (χ4v) is 2.52. The molecule has 0 aliphatic rings. The molecule has 2 aromatic heterocycles. The first-order chi connectivity index (χ1) is 9.56. The molecule has 0 saturated heterocycles. The summed E-state index contributed by atoms with van der Waals surface area (Å²) >= 11 is 0. The van der Waals surface area contributed by atoms with E-state index in [-0.39, 0.29) is 0 Å². The quantitative estimate of drug-likeness (QED) is 0.771. The molecule has 4 heteroatoms. The van der Waals surface area contributed by atoms with Crippen molar-refractivity contribution < 1.29 is 0 Å². The second-order valence-corrected chi connectivity index (χ2v) is 5.36. The van der Waals surface area contributed by atoms with Gasteiger partial charge in [-0.2, -0.15) is 0 Å². The highest BCUT2D eigenvalue weighted by Gasteiger charge is 2.15. The van der Waals surface area contributed by atoms with Gasteiger partial charge in [-0.05, 0) is 50.6 Å². The van der Waals surface area contributed by atoms with Gasteiger partial charge in [0.15, 0.2) is 0 Å². The molecule has 0 fully saturated rings. The Bertz CT molecular complexity index is 771. The molecular formula is C16H18N4. The fourth-order valence-electron chi connectivity index (χ4n) is 2.52. The number of anilines is 1. The van der Waals surface area contributed by atoms with Crippen LogP contribution in [0.3, 0.4) is 0 Å². The predicted octanol–water partition coefficient (Wildman–Crippen LogP) is 3.57. The molecule has 0 amide bonds.